The highest BCUT2D eigenvalue weighted by Gasteiger charge is 1.98. The molecule has 3 rings (SSSR count). The molecular formula is C18H18N3S+. The lowest BCUT2D eigenvalue weighted by molar-refractivity contribution is -0.692. The zero-order valence-electron chi connectivity index (χ0n) is 12.2. The topological polar surface area (TPSA) is 21.7 Å². The quantitative estimate of drug-likeness (QED) is 0.567. The Hall–Kier alpha value is -2.33. The second kappa shape index (κ2) is 7.09. The molecule has 0 spiro atoms. The van der Waals surface area contributed by atoms with Gasteiger partial charge in [-0.2, -0.15) is 12.6 Å². The zero-order chi connectivity index (χ0) is 15.2. The number of hydrogen-bond donors (Lipinski definition) is 1. The fraction of sp³-hybridized carbons (Fsp3) is 0.111. The predicted octanol–water partition coefficient (Wildman–Crippen LogP) is 3.26. The first-order valence-corrected chi connectivity index (χ1v) is 7.85. The fourth-order valence-corrected chi connectivity index (χ4v) is 2.44. The van der Waals surface area contributed by atoms with Crippen molar-refractivity contribution in [3.63, 3.8) is 0 Å². The van der Waals surface area contributed by atoms with E-state index in [2.05, 4.69) is 83.1 Å². The van der Waals surface area contributed by atoms with Gasteiger partial charge in [0.25, 0.3) is 0 Å². The molecule has 0 radical (unpaired) electrons. The van der Waals surface area contributed by atoms with E-state index in [9.17, 15) is 0 Å². The fourth-order valence-electron chi connectivity index (χ4n) is 2.21. The minimum absolute atomic E-state index is 0.850. The molecule has 0 aliphatic heterocycles. The highest BCUT2D eigenvalue weighted by atomic mass is 32.1. The highest BCUT2D eigenvalue weighted by molar-refractivity contribution is 7.80. The molecule has 0 aliphatic rings. The summed E-state index contributed by atoms with van der Waals surface area (Å²) < 4.78 is 4.12. The summed E-state index contributed by atoms with van der Waals surface area (Å²) in [6.45, 7) is 0.933. The molecule has 110 valence electrons. The second-order valence-electron chi connectivity index (χ2n) is 4.99. The van der Waals surface area contributed by atoms with Crippen LogP contribution in [0.2, 0.25) is 0 Å². The standard InChI is InChI=1S/C18H17N3S/c22-14-13-20-10-7-17(8-11-20)2-1-16-3-5-18(6-4-16)21-12-9-19-15-21/h1-12,15H,13-14H2/p+1. The van der Waals surface area contributed by atoms with Crippen molar-refractivity contribution in [3.8, 4) is 5.69 Å². The summed E-state index contributed by atoms with van der Waals surface area (Å²) >= 11 is 4.24. The molecule has 0 unspecified atom stereocenters. The lowest BCUT2D eigenvalue weighted by atomic mass is 10.1. The number of thiol groups is 1. The van der Waals surface area contributed by atoms with Gasteiger partial charge in [0, 0.05) is 36.0 Å². The Morgan fingerprint density at radius 1 is 1.00 bits per heavy atom. The van der Waals surface area contributed by atoms with Crippen LogP contribution >= 0.6 is 12.6 Å². The molecule has 2 aromatic heterocycles. The van der Waals surface area contributed by atoms with Crippen molar-refractivity contribution in [1.29, 1.82) is 0 Å². The van der Waals surface area contributed by atoms with Gasteiger partial charge in [0.05, 0.1) is 6.33 Å². The first-order chi connectivity index (χ1) is 10.8. The normalized spacial score (nSPS) is 11.1. The SMILES string of the molecule is SCC[n+]1ccc(/C=C/c2ccc(-n3ccnc3)cc2)cc1. The molecule has 0 bridgehead atoms. The molecule has 0 amide bonds. The van der Waals surface area contributed by atoms with Gasteiger partial charge in [-0.3, -0.25) is 0 Å². The molecule has 4 heteroatoms. The van der Waals surface area contributed by atoms with Gasteiger partial charge in [-0.05, 0) is 23.3 Å². The van der Waals surface area contributed by atoms with E-state index < -0.39 is 0 Å². The van der Waals surface area contributed by atoms with Gasteiger partial charge in [0.1, 0.15) is 0 Å². The van der Waals surface area contributed by atoms with E-state index in [1.54, 1.807) is 12.5 Å². The Balaban J connectivity index is 1.69. The maximum atomic E-state index is 4.24. The maximum Gasteiger partial charge on any atom is 0.169 e. The Labute approximate surface area is 136 Å². The van der Waals surface area contributed by atoms with Crippen molar-refractivity contribution in [1.82, 2.24) is 9.55 Å². The van der Waals surface area contributed by atoms with E-state index >= 15 is 0 Å². The molecule has 0 aliphatic carbocycles. The van der Waals surface area contributed by atoms with Crippen LogP contribution in [-0.2, 0) is 6.54 Å². The smallest absolute Gasteiger partial charge is 0.169 e. The molecule has 22 heavy (non-hydrogen) atoms. The van der Waals surface area contributed by atoms with Crippen molar-refractivity contribution < 1.29 is 4.57 Å². The van der Waals surface area contributed by atoms with E-state index in [1.807, 2.05) is 10.8 Å². The molecular weight excluding hydrogens is 290 g/mol. The van der Waals surface area contributed by atoms with Gasteiger partial charge in [-0.25, -0.2) is 9.55 Å². The lowest BCUT2D eigenvalue weighted by Gasteiger charge is -2.02. The van der Waals surface area contributed by atoms with Crippen molar-refractivity contribution in [2.75, 3.05) is 5.75 Å². The monoisotopic (exact) mass is 308 g/mol. The van der Waals surface area contributed by atoms with Crippen molar-refractivity contribution in [3.05, 3.63) is 78.6 Å². The van der Waals surface area contributed by atoms with Crippen LogP contribution in [0.4, 0.5) is 0 Å². The predicted molar refractivity (Wildman–Crippen MR) is 93.0 cm³/mol. The van der Waals surface area contributed by atoms with Crippen LogP contribution in [0.25, 0.3) is 17.8 Å². The first-order valence-electron chi connectivity index (χ1n) is 7.21. The third-order valence-electron chi connectivity index (χ3n) is 3.44. The van der Waals surface area contributed by atoms with Crippen LogP contribution in [-0.4, -0.2) is 15.3 Å². The molecule has 0 fully saturated rings. The van der Waals surface area contributed by atoms with E-state index in [4.69, 9.17) is 0 Å². The number of benzene rings is 1. The molecule has 0 atom stereocenters. The van der Waals surface area contributed by atoms with Gasteiger partial charge in [-0.15, -0.1) is 0 Å². The molecule has 0 N–H and O–H groups in total. The highest BCUT2D eigenvalue weighted by Crippen LogP contribution is 2.12. The first kappa shape index (κ1) is 14.6. The third kappa shape index (κ3) is 3.65. The Morgan fingerprint density at radius 2 is 1.68 bits per heavy atom. The minimum Gasteiger partial charge on any atom is -0.306 e. The van der Waals surface area contributed by atoms with Crippen molar-refractivity contribution in [2.24, 2.45) is 0 Å². The summed E-state index contributed by atoms with van der Waals surface area (Å²) in [7, 11) is 0. The molecule has 2 heterocycles. The van der Waals surface area contributed by atoms with Crippen LogP contribution < -0.4 is 4.57 Å². The van der Waals surface area contributed by atoms with Crippen molar-refractivity contribution >= 4 is 24.8 Å². The minimum atomic E-state index is 0.850. The number of aromatic nitrogens is 3. The van der Waals surface area contributed by atoms with Gasteiger partial charge < -0.3 is 4.57 Å². The third-order valence-corrected chi connectivity index (χ3v) is 3.64. The Kier molecular flexibility index (Phi) is 4.71. The average Bonchev–Trinajstić information content (AvgIpc) is 3.09. The van der Waals surface area contributed by atoms with E-state index in [1.165, 1.54) is 11.1 Å². The van der Waals surface area contributed by atoms with Crippen LogP contribution in [0, 0.1) is 0 Å². The molecule has 1 aromatic carbocycles. The van der Waals surface area contributed by atoms with E-state index in [0.29, 0.717) is 0 Å². The number of nitrogens with zero attached hydrogens (tertiary/aromatic N) is 3. The average molecular weight is 308 g/mol. The molecule has 0 saturated heterocycles. The number of pyridine rings is 1. The summed E-state index contributed by atoms with van der Waals surface area (Å²) in [5, 5.41) is 0. The number of hydrogen-bond acceptors (Lipinski definition) is 2. The van der Waals surface area contributed by atoms with E-state index in [0.717, 1.165) is 18.0 Å². The molecule has 3 nitrogen and oxygen atoms in total. The number of imidazole rings is 1. The van der Waals surface area contributed by atoms with Crippen LogP contribution in [0.3, 0.4) is 0 Å². The summed E-state index contributed by atoms with van der Waals surface area (Å²) in [4.78, 5) is 4.06. The van der Waals surface area contributed by atoms with Gasteiger partial charge in [0.2, 0.25) is 0 Å². The summed E-state index contributed by atoms with van der Waals surface area (Å²) in [5.74, 6) is 0.850. The van der Waals surface area contributed by atoms with Gasteiger partial charge >= 0.3 is 0 Å². The van der Waals surface area contributed by atoms with Crippen LogP contribution in [0.1, 0.15) is 11.1 Å². The van der Waals surface area contributed by atoms with Gasteiger partial charge in [-0.1, -0.05) is 24.3 Å². The number of rotatable bonds is 5. The number of aryl methyl sites for hydroxylation is 1. The summed E-state index contributed by atoms with van der Waals surface area (Å²) in [5.41, 5.74) is 3.48. The van der Waals surface area contributed by atoms with Crippen LogP contribution in [0.5, 0.6) is 0 Å². The van der Waals surface area contributed by atoms with E-state index in [-0.39, 0.29) is 0 Å². The van der Waals surface area contributed by atoms with Crippen LogP contribution in [0.15, 0.2) is 67.5 Å². The zero-order valence-corrected chi connectivity index (χ0v) is 13.1. The molecule has 3 aromatic rings. The Morgan fingerprint density at radius 3 is 2.27 bits per heavy atom. The van der Waals surface area contributed by atoms with Gasteiger partial charge in [0.15, 0.2) is 18.9 Å². The molecule has 0 saturated carbocycles. The maximum absolute atomic E-state index is 4.24. The van der Waals surface area contributed by atoms with Crippen molar-refractivity contribution in [2.45, 2.75) is 6.54 Å². The summed E-state index contributed by atoms with van der Waals surface area (Å²) in [6.07, 6.45) is 13.9. The Bertz CT molecular complexity index is 729. The largest absolute Gasteiger partial charge is 0.306 e. The second-order valence-corrected chi connectivity index (χ2v) is 5.43. The summed E-state index contributed by atoms with van der Waals surface area (Å²) in [6, 6.07) is 12.6. The lowest BCUT2D eigenvalue weighted by Crippen LogP contribution is -2.33.